The van der Waals surface area contributed by atoms with E-state index in [9.17, 15) is 14.7 Å². The molecule has 0 aromatic carbocycles. The third-order valence-electron chi connectivity index (χ3n) is 8.50. The number of H-pyrrole nitrogens is 1. The van der Waals surface area contributed by atoms with E-state index in [1.165, 1.54) is 100 Å². The van der Waals surface area contributed by atoms with Gasteiger partial charge in [-0.15, -0.1) is 0 Å². The van der Waals surface area contributed by atoms with E-state index in [1.807, 2.05) is 0 Å². The number of hydrogen-bond acceptors (Lipinski definition) is 6. The summed E-state index contributed by atoms with van der Waals surface area (Å²) in [6.07, 6.45) is 24.4. The minimum absolute atomic E-state index is 0. The first-order chi connectivity index (χ1) is 20.5. The van der Waals surface area contributed by atoms with Crippen LogP contribution in [0, 0.1) is 5.92 Å². The van der Waals surface area contributed by atoms with E-state index >= 15 is 0 Å². The number of aromatic nitrogens is 2. The molecule has 43 heavy (non-hydrogen) atoms. The predicted molar refractivity (Wildman–Crippen MR) is 175 cm³/mol. The van der Waals surface area contributed by atoms with Crippen molar-refractivity contribution in [2.75, 3.05) is 20.3 Å². The summed E-state index contributed by atoms with van der Waals surface area (Å²) in [6, 6.07) is 1.30. The number of nitrogens with one attached hydrogen (secondary N) is 2. The Kier molecular flexibility index (Phi) is 24.3. The second kappa shape index (κ2) is 25.7. The predicted octanol–water partition coefficient (Wildman–Crippen LogP) is 6.79. The van der Waals surface area contributed by atoms with Crippen molar-refractivity contribution in [2.24, 2.45) is 5.92 Å². The number of methoxy groups -OCH3 is 1. The van der Waals surface area contributed by atoms with Gasteiger partial charge in [-0.3, -0.25) is 14.3 Å². The number of ether oxygens (including phenoxy) is 2. The summed E-state index contributed by atoms with van der Waals surface area (Å²) in [5.74, 6) is -0.238. The van der Waals surface area contributed by atoms with Crippen LogP contribution in [-0.2, 0) is 42.2 Å². The molecular formula is C33H59N3O5SY. The topological polar surface area (TPSA) is 106 Å². The van der Waals surface area contributed by atoms with Gasteiger partial charge < -0.3 is 19.9 Å². The summed E-state index contributed by atoms with van der Waals surface area (Å²) < 4.78 is 12.6. The Morgan fingerprint density at radius 3 is 2.07 bits per heavy atom. The van der Waals surface area contributed by atoms with Crippen molar-refractivity contribution in [3.63, 3.8) is 0 Å². The zero-order chi connectivity index (χ0) is 30.4. The van der Waals surface area contributed by atoms with E-state index in [4.69, 9.17) is 21.7 Å². The number of rotatable bonds is 25. The molecule has 245 valence electrons. The first-order valence-electron chi connectivity index (χ1n) is 16.9. The smallest absolute Gasteiger partial charge is 0.330 e. The average Bonchev–Trinajstić information content (AvgIpc) is 3.27. The fourth-order valence-corrected chi connectivity index (χ4v) is 6.22. The van der Waals surface area contributed by atoms with Crippen molar-refractivity contribution in [1.82, 2.24) is 14.9 Å². The molecule has 0 aliphatic carbocycles. The molecule has 2 heterocycles. The molecule has 1 aliphatic rings. The first-order valence-corrected chi connectivity index (χ1v) is 17.3. The Labute approximate surface area is 290 Å². The number of aromatic amines is 1. The van der Waals surface area contributed by atoms with Crippen LogP contribution in [0.5, 0.6) is 0 Å². The minimum atomic E-state index is -0.728. The molecule has 1 aliphatic heterocycles. The number of unbranched alkanes of at least 4 members (excludes halogenated alkanes) is 16. The zero-order valence-electron chi connectivity index (χ0n) is 27.0. The van der Waals surface area contributed by atoms with Crippen LogP contribution in [0.2, 0.25) is 0 Å². The standard InChI is InChI=1S/C33H59N3O5S.Y/c1-3-4-5-6-7-8-9-10-11-12-13-16-19-22-30(42)34-24-20-17-14-15-18-21-27-31(38)28(26-40-2)41-32(27)36-25-23-29(37)35-33(36)39;/h23,25,27-28,31-32,38H,3-22,24,26H2,1-2H3,(H,34,42)(H,35,37,39);/t27?,28-,31-,32-;/m1./s1. The van der Waals surface area contributed by atoms with E-state index in [1.54, 1.807) is 7.11 Å². The molecule has 1 unspecified atom stereocenters. The van der Waals surface area contributed by atoms with Crippen LogP contribution in [-0.4, -0.2) is 52.1 Å². The van der Waals surface area contributed by atoms with Gasteiger partial charge in [0.2, 0.25) is 0 Å². The van der Waals surface area contributed by atoms with Crippen molar-refractivity contribution < 1.29 is 47.3 Å². The summed E-state index contributed by atoms with van der Waals surface area (Å²) in [5.41, 5.74) is -0.975. The van der Waals surface area contributed by atoms with Crippen molar-refractivity contribution in [1.29, 1.82) is 0 Å². The van der Waals surface area contributed by atoms with Crippen LogP contribution < -0.4 is 16.6 Å². The van der Waals surface area contributed by atoms with Gasteiger partial charge in [0.1, 0.15) is 12.3 Å². The number of aliphatic hydroxyl groups excluding tert-OH is 1. The molecule has 2 rings (SSSR count). The molecule has 0 bridgehead atoms. The second-order valence-electron chi connectivity index (χ2n) is 12.1. The Balaban J connectivity index is 0.00000924. The van der Waals surface area contributed by atoms with E-state index in [-0.39, 0.29) is 45.2 Å². The van der Waals surface area contributed by atoms with Gasteiger partial charge >= 0.3 is 5.69 Å². The van der Waals surface area contributed by atoms with E-state index in [0.29, 0.717) is 0 Å². The van der Waals surface area contributed by atoms with Crippen LogP contribution in [0.3, 0.4) is 0 Å². The van der Waals surface area contributed by atoms with Crippen LogP contribution in [0.25, 0.3) is 0 Å². The Morgan fingerprint density at radius 1 is 0.930 bits per heavy atom. The molecular weight excluding hydrogens is 639 g/mol. The molecule has 1 fully saturated rings. The normalized spacial score (nSPS) is 19.8. The molecule has 0 saturated carbocycles. The molecule has 10 heteroatoms. The summed E-state index contributed by atoms with van der Waals surface area (Å²) in [6.45, 7) is 3.46. The third-order valence-corrected chi connectivity index (χ3v) is 8.85. The Bertz CT molecular complexity index is 959. The van der Waals surface area contributed by atoms with Crippen molar-refractivity contribution in [3.8, 4) is 0 Å². The third kappa shape index (κ3) is 17.2. The number of aliphatic hydroxyl groups is 1. The second-order valence-corrected chi connectivity index (χ2v) is 12.6. The Morgan fingerprint density at radius 2 is 1.49 bits per heavy atom. The molecule has 1 radical (unpaired) electrons. The van der Waals surface area contributed by atoms with Crippen LogP contribution in [0.1, 0.15) is 142 Å². The summed E-state index contributed by atoms with van der Waals surface area (Å²) in [7, 11) is 1.56. The largest absolute Gasteiger partial charge is 0.390 e. The van der Waals surface area contributed by atoms with Gasteiger partial charge in [-0.2, -0.15) is 0 Å². The molecule has 4 atom stereocenters. The molecule has 3 N–H and O–H groups in total. The van der Waals surface area contributed by atoms with Crippen molar-refractivity contribution in [2.45, 2.75) is 154 Å². The molecule has 0 amide bonds. The monoisotopic (exact) mass is 698 g/mol. The summed E-state index contributed by atoms with van der Waals surface area (Å²) >= 11 is 5.53. The zero-order valence-corrected chi connectivity index (χ0v) is 30.7. The van der Waals surface area contributed by atoms with Gasteiger partial charge in [0.15, 0.2) is 0 Å². The van der Waals surface area contributed by atoms with Gasteiger partial charge in [-0.05, 0) is 25.7 Å². The maximum absolute atomic E-state index is 12.3. The van der Waals surface area contributed by atoms with Crippen LogP contribution >= 0.6 is 12.2 Å². The molecule has 1 aromatic heterocycles. The minimum Gasteiger partial charge on any atom is -0.390 e. The number of thiocarbonyl (C=S) groups is 1. The number of nitrogens with zero attached hydrogens (tertiary/aromatic N) is 1. The summed E-state index contributed by atoms with van der Waals surface area (Å²) in [5, 5.41) is 14.3. The van der Waals surface area contributed by atoms with Gasteiger partial charge in [-0.1, -0.05) is 122 Å². The van der Waals surface area contributed by atoms with E-state index < -0.39 is 29.7 Å². The first kappa shape index (κ1) is 40.6. The van der Waals surface area contributed by atoms with E-state index in [0.717, 1.165) is 56.5 Å². The summed E-state index contributed by atoms with van der Waals surface area (Å²) in [4.78, 5) is 27.1. The molecule has 1 saturated heterocycles. The van der Waals surface area contributed by atoms with E-state index in [2.05, 4.69) is 17.2 Å². The average molecular weight is 699 g/mol. The Hall–Kier alpha value is -0.446. The molecule has 8 nitrogen and oxygen atoms in total. The van der Waals surface area contributed by atoms with Gasteiger partial charge in [0.25, 0.3) is 5.56 Å². The van der Waals surface area contributed by atoms with Gasteiger partial charge in [0, 0.05) is 64.5 Å². The maximum Gasteiger partial charge on any atom is 0.330 e. The van der Waals surface area contributed by atoms with Gasteiger partial charge in [-0.25, -0.2) is 4.79 Å². The van der Waals surface area contributed by atoms with Crippen molar-refractivity contribution in [3.05, 3.63) is 33.1 Å². The molecule has 0 spiro atoms. The van der Waals surface area contributed by atoms with Gasteiger partial charge in [0.05, 0.1) is 17.7 Å². The maximum atomic E-state index is 12.3. The van der Waals surface area contributed by atoms with Crippen LogP contribution in [0.15, 0.2) is 21.9 Å². The van der Waals surface area contributed by atoms with Crippen LogP contribution in [0.4, 0.5) is 0 Å². The quantitative estimate of drug-likeness (QED) is 0.0763. The fourth-order valence-electron chi connectivity index (χ4n) is 5.97. The molecule has 1 aromatic rings. The SMILES string of the molecule is CCCCCCCCCCCCCCCC(=S)NCCCCCCCC1[C@@H](O)[C@@H](COC)O[C@H]1n1ccc(=O)[nH]c1=O.[Y]. The van der Waals surface area contributed by atoms with Crippen molar-refractivity contribution >= 4 is 17.2 Å². The number of hydrogen-bond donors (Lipinski definition) is 3. The fraction of sp³-hybridized carbons (Fsp3) is 0.848.